The van der Waals surface area contributed by atoms with Crippen LogP contribution < -0.4 is 0 Å². The molecule has 1 amide bonds. The predicted molar refractivity (Wildman–Crippen MR) is 88.5 cm³/mol. The zero-order valence-electron chi connectivity index (χ0n) is 13.0. The van der Waals surface area contributed by atoms with Crippen molar-refractivity contribution in [2.24, 2.45) is 0 Å². The van der Waals surface area contributed by atoms with E-state index in [-0.39, 0.29) is 12.0 Å². The number of thiophene rings is 1. The molecule has 4 rings (SSSR count). The van der Waals surface area contributed by atoms with Gasteiger partial charge in [0.25, 0.3) is 0 Å². The number of nitrogens with one attached hydrogen (secondary N) is 1. The average Bonchev–Trinajstić information content (AvgIpc) is 3.27. The SMILES string of the molecule is O=C(C[C@H]1OCCc2ccsc21)N1CCC[C@@H](c2ccn[nH]2)C1. The molecular formula is C17H21N3O2S. The number of fused-ring (bicyclic) bond motifs is 1. The number of nitrogens with zero attached hydrogens (tertiary/aromatic N) is 2. The van der Waals surface area contributed by atoms with Crippen molar-refractivity contribution < 1.29 is 9.53 Å². The second kappa shape index (κ2) is 6.45. The molecule has 0 aliphatic carbocycles. The molecule has 0 saturated carbocycles. The van der Waals surface area contributed by atoms with Gasteiger partial charge in [0, 0.05) is 35.8 Å². The van der Waals surface area contributed by atoms with Crippen molar-refractivity contribution in [1.29, 1.82) is 0 Å². The summed E-state index contributed by atoms with van der Waals surface area (Å²) in [6.07, 6.45) is 5.31. The van der Waals surface area contributed by atoms with Crippen LogP contribution in [0.3, 0.4) is 0 Å². The maximum Gasteiger partial charge on any atom is 0.225 e. The number of amides is 1. The van der Waals surface area contributed by atoms with Crippen molar-refractivity contribution in [3.05, 3.63) is 39.8 Å². The van der Waals surface area contributed by atoms with Gasteiger partial charge in [-0.25, -0.2) is 0 Å². The number of rotatable bonds is 3. The molecule has 2 aromatic heterocycles. The van der Waals surface area contributed by atoms with Crippen LogP contribution in [0.5, 0.6) is 0 Å². The molecule has 2 atom stereocenters. The topological polar surface area (TPSA) is 58.2 Å². The molecule has 0 bridgehead atoms. The van der Waals surface area contributed by atoms with Gasteiger partial charge in [0.15, 0.2) is 0 Å². The Bertz CT molecular complexity index is 667. The number of ether oxygens (including phenoxy) is 1. The number of hydrogen-bond donors (Lipinski definition) is 1. The maximum atomic E-state index is 12.7. The molecule has 0 unspecified atom stereocenters. The van der Waals surface area contributed by atoms with Crippen LogP contribution in [0, 0.1) is 0 Å². The minimum atomic E-state index is -0.0567. The quantitative estimate of drug-likeness (QED) is 0.941. The van der Waals surface area contributed by atoms with Crippen LogP contribution in [0.4, 0.5) is 0 Å². The molecule has 1 N–H and O–H groups in total. The maximum absolute atomic E-state index is 12.7. The summed E-state index contributed by atoms with van der Waals surface area (Å²) in [5.74, 6) is 0.584. The molecular weight excluding hydrogens is 310 g/mol. The third-order valence-corrected chi connectivity index (χ3v) is 5.91. The van der Waals surface area contributed by atoms with E-state index in [1.807, 2.05) is 11.0 Å². The summed E-state index contributed by atoms with van der Waals surface area (Å²) < 4.78 is 5.87. The monoisotopic (exact) mass is 331 g/mol. The van der Waals surface area contributed by atoms with Crippen LogP contribution in [-0.4, -0.2) is 40.7 Å². The van der Waals surface area contributed by atoms with Gasteiger partial charge in [-0.3, -0.25) is 9.89 Å². The van der Waals surface area contributed by atoms with Gasteiger partial charge in [-0.15, -0.1) is 11.3 Å². The third-order valence-electron chi connectivity index (χ3n) is 4.86. The fraction of sp³-hybridized carbons (Fsp3) is 0.529. The Kier molecular flexibility index (Phi) is 4.18. The van der Waals surface area contributed by atoms with E-state index in [4.69, 9.17) is 4.74 Å². The fourth-order valence-corrected chi connectivity index (χ4v) is 4.62. The molecule has 0 aromatic carbocycles. The standard InChI is InChI=1S/C17H21N3O2S/c21-16(10-15-17-12(4-8-22-15)5-9-23-17)20-7-1-2-13(11-20)14-3-6-18-19-14/h3,5-6,9,13,15H,1-2,4,7-8,10-11H2,(H,18,19)/t13-,15-/m1/s1. The van der Waals surface area contributed by atoms with E-state index < -0.39 is 0 Å². The Morgan fingerprint density at radius 1 is 1.48 bits per heavy atom. The predicted octanol–water partition coefficient (Wildman–Crippen LogP) is 2.88. The van der Waals surface area contributed by atoms with Crippen molar-refractivity contribution in [2.45, 2.75) is 37.7 Å². The van der Waals surface area contributed by atoms with Gasteiger partial charge in [-0.05, 0) is 42.3 Å². The summed E-state index contributed by atoms with van der Waals surface area (Å²) in [6.45, 7) is 2.36. The Morgan fingerprint density at radius 2 is 2.43 bits per heavy atom. The first-order valence-corrected chi connectivity index (χ1v) is 9.14. The van der Waals surface area contributed by atoms with E-state index in [0.717, 1.165) is 44.7 Å². The summed E-state index contributed by atoms with van der Waals surface area (Å²) in [6, 6.07) is 4.18. The van der Waals surface area contributed by atoms with Crippen molar-refractivity contribution >= 4 is 17.2 Å². The highest BCUT2D eigenvalue weighted by molar-refractivity contribution is 7.10. The molecule has 1 saturated heterocycles. The van der Waals surface area contributed by atoms with Crippen LogP contribution in [0.25, 0.3) is 0 Å². The summed E-state index contributed by atoms with van der Waals surface area (Å²) >= 11 is 1.71. The molecule has 4 heterocycles. The van der Waals surface area contributed by atoms with Gasteiger partial charge < -0.3 is 9.64 Å². The van der Waals surface area contributed by atoms with Crippen LogP contribution in [0.1, 0.15) is 47.4 Å². The van der Waals surface area contributed by atoms with E-state index in [1.54, 1.807) is 17.5 Å². The first-order valence-electron chi connectivity index (χ1n) is 8.26. The molecule has 122 valence electrons. The number of carbonyl (C=O) groups excluding carboxylic acids is 1. The van der Waals surface area contributed by atoms with E-state index in [0.29, 0.717) is 12.3 Å². The number of piperidine rings is 1. The Balaban J connectivity index is 1.42. The van der Waals surface area contributed by atoms with Gasteiger partial charge in [0.05, 0.1) is 13.0 Å². The number of hydrogen-bond acceptors (Lipinski definition) is 4. The summed E-state index contributed by atoms with van der Waals surface area (Å²) in [7, 11) is 0. The lowest BCUT2D eigenvalue weighted by Crippen LogP contribution is -2.40. The van der Waals surface area contributed by atoms with Gasteiger partial charge in [-0.1, -0.05) is 0 Å². The zero-order valence-corrected chi connectivity index (χ0v) is 13.8. The van der Waals surface area contributed by atoms with Crippen molar-refractivity contribution in [3.63, 3.8) is 0 Å². The van der Waals surface area contributed by atoms with Crippen LogP contribution >= 0.6 is 11.3 Å². The molecule has 2 aliphatic heterocycles. The van der Waals surface area contributed by atoms with E-state index in [9.17, 15) is 4.79 Å². The Labute approximate surface area is 139 Å². The highest BCUT2D eigenvalue weighted by Crippen LogP contribution is 2.35. The molecule has 1 fully saturated rings. The number of aromatic amines is 1. The van der Waals surface area contributed by atoms with E-state index in [1.165, 1.54) is 10.4 Å². The number of likely N-dealkylation sites (tertiary alicyclic amines) is 1. The lowest BCUT2D eigenvalue weighted by atomic mass is 9.94. The molecule has 2 aromatic rings. The van der Waals surface area contributed by atoms with Crippen molar-refractivity contribution in [1.82, 2.24) is 15.1 Å². The molecule has 0 spiro atoms. The van der Waals surface area contributed by atoms with Crippen LogP contribution in [-0.2, 0) is 16.0 Å². The smallest absolute Gasteiger partial charge is 0.225 e. The minimum absolute atomic E-state index is 0.0567. The second-order valence-electron chi connectivity index (χ2n) is 6.31. The van der Waals surface area contributed by atoms with Gasteiger partial charge >= 0.3 is 0 Å². The van der Waals surface area contributed by atoms with Crippen molar-refractivity contribution in [2.75, 3.05) is 19.7 Å². The molecule has 23 heavy (non-hydrogen) atoms. The third kappa shape index (κ3) is 3.05. The first-order chi connectivity index (χ1) is 11.3. The number of H-pyrrole nitrogens is 1. The Hall–Kier alpha value is -1.66. The average molecular weight is 331 g/mol. The second-order valence-corrected chi connectivity index (χ2v) is 7.26. The summed E-state index contributed by atoms with van der Waals surface area (Å²) in [5.41, 5.74) is 2.49. The molecule has 6 heteroatoms. The normalized spacial score (nSPS) is 24.4. The zero-order chi connectivity index (χ0) is 15.6. The fourth-order valence-electron chi connectivity index (χ4n) is 3.61. The highest BCUT2D eigenvalue weighted by atomic mass is 32.1. The van der Waals surface area contributed by atoms with E-state index in [2.05, 4.69) is 21.6 Å². The molecule has 0 radical (unpaired) electrons. The first kappa shape index (κ1) is 14.9. The minimum Gasteiger partial charge on any atom is -0.372 e. The Morgan fingerprint density at radius 3 is 3.30 bits per heavy atom. The molecule has 2 aliphatic rings. The van der Waals surface area contributed by atoms with Crippen molar-refractivity contribution in [3.8, 4) is 0 Å². The van der Waals surface area contributed by atoms with Crippen LogP contribution in [0.15, 0.2) is 23.7 Å². The van der Waals surface area contributed by atoms with Crippen LogP contribution in [0.2, 0.25) is 0 Å². The summed E-state index contributed by atoms with van der Waals surface area (Å²) in [4.78, 5) is 16.0. The summed E-state index contributed by atoms with van der Waals surface area (Å²) in [5, 5.41) is 9.18. The lowest BCUT2D eigenvalue weighted by Gasteiger charge is -2.33. The van der Waals surface area contributed by atoms with Gasteiger partial charge in [-0.2, -0.15) is 5.10 Å². The van der Waals surface area contributed by atoms with E-state index >= 15 is 0 Å². The number of aromatic nitrogens is 2. The number of carbonyl (C=O) groups is 1. The molecule has 5 nitrogen and oxygen atoms in total. The van der Waals surface area contributed by atoms with Gasteiger partial charge in [0.1, 0.15) is 6.10 Å². The highest BCUT2D eigenvalue weighted by Gasteiger charge is 2.30. The lowest BCUT2D eigenvalue weighted by molar-refractivity contribution is -0.135. The van der Waals surface area contributed by atoms with Gasteiger partial charge in [0.2, 0.25) is 5.91 Å². The largest absolute Gasteiger partial charge is 0.372 e.